The number of hydrogen-bond acceptors (Lipinski definition) is 3. The molecule has 0 aromatic heterocycles. The predicted molar refractivity (Wildman–Crippen MR) is 78.1 cm³/mol. The molecule has 2 nitrogen and oxygen atoms in total. The van der Waals surface area contributed by atoms with Crippen LogP contribution in [-0.2, 0) is 0 Å². The molecule has 1 N–H and O–H groups in total. The van der Waals surface area contributed by atoms with Crippen molar-refractivity contribution in [2.24, 2.45) is 0 Å². The van der Waals surface area contributed by atoms with Gasteiger partial charge in [-0.3, -0.25) is 0 Å². The maximum atomic E-state index is 13.5. The Balaban J connectivity index is 1.74. The summed E-state index contributed by atoms with van der Waals surface area (Å²) in [4.78, 5) is 3.62. The van der Waals surface area contributed by atoms with E-state index in [9.17, 15) is 4.39 Å². The Hall–Kier alpha value is -0.580. The normalized spacial score (nSPS) is 28.1. The molecule has 0 radical (unpaired) electrons. The van der Waals surface area contributed by atoms with Crippen LogP contribution in [-0.4, -0.2) is 36.8 Å². The lowest BCUT2D eigenvalue weighted by molar-refractivity contribution is 0.214. The molecule has 0 aliphatic carbocycles. The molecule has 2 atom stereocenters. The molecule has 19 heavy (non-hydrogen) atoms. The van der Waals surface area contributed by atoms with Gasteiger partial charge in [0.15, 0.2) is 0 Å². The van der Waals surface area contributed by atoms with Crippen LogP contribution >= 0.6 is 11.8 Å². The number of likely N-dealkylation sites (tertiary alicyclic amines) is 1. The van der Waals surface area contributed by atoms with Crippen molar-refractivity contribution < 1.29 is 4.39 Å². The minimum atomic E-state index is -0.117. The van der Waals surface area contributed by atoms with Crippen molar-refractivity contribution in [1.82, 2.24) is 10.2 Å². The third-order valence-corrected chi connectivity index (χ3v) is 5.20. The van der Waals surface area contributed by atoms with E-state index in [1.54, 1.807) is 12.1 Å². The Labute approximate surface area is 118 Å². The molecular formula is C15H21FN2S. The molecule has 0 bridgehead atoms. The molecule has 0 saturated carbocycles. The maximum absolute atomic E-state index is 13.5. The summed E-state index contributed by atoms with van der Waals surface area (Å²) in [6.45, 7) is 2.30. The Bertz CT molecular complexity index is 452. The van der Waals surface area contributed by atoms with Crippen LogP contribution in [0.4, 0.5) is 4.39 Å². The van der Waals surface area contributed by atoms with E-state index in [1.807, 2.05) is 17.8 Å². The quantitative estimate of drug-likeness (QED) is 0.896. The third-order valence-electron chi connectivity index (χ3n) is 4.07. The second kappa shape index (κ2) is 5.81. The van der Waals surface area contributed by atoms with Gasteiger partial charge in [-0.05, 0) is 62.4 Å². The monoisotopic (exact) mass is 280 g/mol. The molecule has 104 valence electrons. The van der Waals surface area contributed by atoms with Gasteiger partial charge in [-0.2, -0.15) is 0 Å². The molecule has 3 rings (SSSR count). The molecule has 2 unspecified atom stereocenters. The SMILES string of the molecule is CN1CCCC(NC2CCSc3ccc(F)cc32)C1. The van der Waals surface area contributed by atoms with Crippen LogP contribution in [0.3, 0.4) is 0 Å². The van der Waals surface area contributed by atoms with Crippen molar-refractivity contribution in [3.05, 3.63) is 29.6 Å². The van der Waals surface area contributed by atoms with Gasteiger partial charge in [0.25, 0.3) is 0 Å². The highest BCUT2D eigenvalue weighted by molar-refractivity contribution is 7.99. The fourth-order valence-corrected chi connectivity index (χ4v) is 4.23. The first-order valence-corrected chi connectivity index (χ1v) is 8.08. The summed E-state index contributed by atoms with van der Waals surface area (Å²) in [6, 6.07) is 6.08. The summed E-state index contributed by atoms with van der Waals surface area (Å²) >= 11 is 1.85. The van der Waals surface area contributed by atoms with Gasteiger partial charge in [0, 0.05) is 23.5 Å². The summed E-state index contributed by atoms with van der Waals surface area (Å²) in [5, 5.41) is 3.75. The number of fused-ring (bicyclic) bond motifs is 1. The number of hydrogen-bond donors (Lipinski definition) is 1. The van der Waals surface area contributed by atoms with Crippen LogP contribution in [0.1, 0.15) is 30.9 Å². The second-order valence-electron chi connectivity index (χ2n) is 5.64. The van der Waals surface area contributed by atoms with Crippen molar-refractivity contribution in [2.75, 3.05) is 25.9 Å². The molecule has 4 heteroatoms. The van der Waals surface area contributed by atoms with Gasteiger partial charge in [0.1, 0.15) is 5.82 Å². The Morgan fingerprint density at radius 2 is 2.26 bits per heavy atom. The van der Waals surface area contributed by atoms with E-state index < -0.39 is 0 Å². The number of thioether (sulfide) groups is 1. The van der Waals surface area contributed by atoms with Gasteiger partial charge >= 0.3 is 0 Å². The fraction of sp³-hybridized carbons (Fsp3) is 0.600. The molecule has 0 amide bonds. The summed E-state index contributed by atoms with van der Waals surface area (Å²) < 4.78 is 13.5. The summed E-state index contributed by atoms with van der Waals surface area (Å²) in [6.07, 6.45) is 3.59. The molecule has 2 heterocycles. The topological polar surface area (TPSA) is 15.3 Å². The minimum absolute atomic E-state index is 0.117. The van der Waals surface area contributed by atoms with E-state index in [0.717, 1.165) is 24.3 Å². The van der Waals surface area contributed by atoms with Crippen LogP contribution < -0.4 is 5.32 Å². The zero-order valence-corrected chi connectivity index (χ0v) is 12.2. The highest BCUT2D eigenvalue weighted by Gasteiger charge is 2.25. The number of piperidine rings is 1. The zero-order chi connectivity index (χ0) is 13.2. The first-order chi connectivity index (χ1) is 9.22. The molecule has 1 aromatic carbocycles. The van der Waals surface area contributed by atoms with E-state index in [1.165, 1.54) is 24.3 Å². The van der Waals surface area contributed by atoms with Crippen LogP contribution in [0.2, 0.25) is 0 Å². The number of halogens is 1. The van der Waals surface area contributed by atoms with Crippen LogP contribution in [0.25, 0.3) is 0 Å². The van der Waals surface area contributed by atoms with Crippen molar-refractivity contribution in [2.45, 2.75) is 36.2 Å². The first kappa shape index (κ1) is 13.4. The van der Waals surface area contributed by atoms with Gasteiger partial charge in [-0.25, -0.2) is 4.39 Å². The molecule has 0 spiro atoms. The highest BCUT2D eigenvalue weighted by Crippen LogP contribution is 2.37. The number of nitrogens with zero attached hydrogens (tertiary/aromatic N) is 1. The van der Waals surface area contributed by atoms with Crippen molar-refractivity contribution in [3.8, 4) is 0 Å². The molecule has 2 aliphatic rings. The molecule has 1 aromatic rings. The number of likely N-dealkylation sites (N-methyl/N-ethyl adjacent to an activating group) is 1. The smallest absolute Gasteiger partial charge is 0.123 e. The van der Waals surface area contributed by atoms with Crippen molar-refractivity contribution in [1.29, 1.82) is 0 Å². The van der Waals surface area contributed by atoms with Gasteiger partial charge in [-0.1, -0.05) is 0 Å². The molecule has 1 saturated heterocycles. The van der Waals surface area contributed by atoms with Crippen LogP contribution in [0, 0.1) is 5.82 Å². The van der Waals surface area contributed by atoms with E-state index >= 15 is 0 Å². The van der Waals surface area contributed by atoms with Gasteiger partial charge in [-0.15, -0.1) is 11.8 Å². The van der Waals surface area contributed by atoms with Crippen molar-refractivity contribution in [3.63, 3.8) is 0 Å². The van der Waals surface area contributed by atoms with E-state index in [2.05, 4.69) is 17.3 Å². The summed E-state index contributed by atoms with van der Waals surface area (Å²) in [5.74, 6) is 1.01. The summed E-state index contributed by atoms with van der Waals surface area (Å²) in [7, 11) is 2.18. The van der Waals surface area contributed by atoms with Crippen LogP contribution in [0.15, 0.2) is 23.1 Å². The van der Waals surface area contributed by atoms with E-state index in [-0.39, 0.29) is 5.82 Å². The van der Waals surface area contributed by atoms with Gasteiger partial charge in [0.05, 0.1) is 0 Å². The fourth-order valence-electron chi connectivity index (χ4n) is 3.13. The highest BCUT2D eigenvalue weighted by atomic mass is 32.2. The van der Waals surface area contributed by atoms with E-state index in [0.29, 0.717) is 12.1 Å². The number of benzene rings is 1. The lowest BCUT2D eigenvalue weighted by atomic mass is 9.99. The Kier molecular flexibility index (Phi) is 4.10. The Morgan fingerprint density at radius 3 is 3.11 bits per heavy atom. The predicted octanol–water partition coefficient (Wildman–Crippen LogP) is 3.05. The Morgan fingerprint density at radius 1 is 1.37 bits per heavy atom. The van der Waals surface area contributed by atoms with Gasteiger partial charge < -0.3 is 10.2 Å². The van der Waals surface area contributed by atoms with Crippen molar-refractivity contribution >= 4 is 11.8 Å². The van der Waals surface area contributed by atoms with Gasteiger partial charge in [0.2, 0.25) is 0 Å². The van der Waals surface area contributed by atoms with E-state index in [4.69, 9.17) is 0 Å². The molecular weight excluding hydrogens is 259 g/mol. The summed E-state index contributed by atoms with van der Waals surface area (Å²) in [5.41, 5.74) is 1.16. The number of rotatable bonds is 2. The lowest BCUT2D eigenvalue weighted by Gasteiger charge is -2.35. The van der Waals surface area contributed by atoms with Crippen LogP contribution in [0.5, 0.6) is 0 Å². The standard InChI is InChI=1S/C15H21FN2S/c1-18-7-2-3-12(10-18)17-14-6-8-19-15-5-4-11(16)9-13(14)15/h4-5,9,12,14,17H,2-3,6-8,10H2,1H3. The lowest BCUT2D eigenvalue weighted by Crippen LogP contribution is -2.45. The minimum Gasteiger partial charge on any atom is -0.306 e. The third kappa shape index (κ3) is 3.12. The first-order valence-electron chi connectivity index (χ1n) is 7.09. The maximum Gasteiger partial charge on any atom is 0.123 e. The number of nitrogens with one attached hydrogen (secondary N) is 1. The largest absolute Gasteiger partial charge is 0.306 e. The zero-order valence-electron chi connectivity index (χ0n) is 11.4. The molecule has 1 fully saturated rings. The molecule has 2 aliphatic heterocycles. The average molecular weight is 280 g/mol. The second-order valence-corrected chi connectivity index (χ2v) is 6.78. The average Bonchev–Trinajstić information content (AvgIpc) is 2.39.